The second-order valence-electron chi connectivity index (χ2n) is 4.82. The van der Waals surface area contributed by atoms with Crippen molar-refractivity contribution in [1.29, 1.82) is 0 Å². The first-order valence-corrected chi connectivity index (χ1v) is 6.09. The van der Waals surface area contributed by atoms with Crippen molar-refractivity contribution >= 4 is 21.4 Å². The van der Waals surface area contributed by atoms with Crippen molar-refractivity contribution in [3.63, 3.8) is 0 Å². The molecular weight excluding hydrogens is 235 g/mol. The van der Waals surface area contributed by atoms with Crippen LogP contribution in [0.2, 0.25) is 0 Å². The van der Waals surface area contributed by atoms with E-state index in [1.807, 2.05) is 13.8 Å². The van der Waals surface area contributed by atoms with Gasteiger partial charge in [0.15, 0.2) is 0 Å². The summed E-state index contributed by atoms with van der Waals surface area (Å²) in [6.45, 7) is 6.98. The van der Waals surface area contributed by atoms with Gasteiger partial charge >= 0.3 is 21.4 Å². The summed E-state index contributed by atoms with van der Waals surface area (Å²) in [6.07, 6.45) is 0.951. The Kier molecular flexibility index (Phi) is 6.87. The minimum Gasteiger partial charge on any atom is -0.436 e. The summed E-state index contributed by atoms with van der Waals surface area (Å²) in [5.41, 5.74) is 14.6. The Labute approximate surface area is 110 Å². The summed E-state index contributed by atoms with van der Waals surface area (Å²) in [6, 6.07) is 0. The first-order valence-electron chi connectivity index (χ1n) is 6.09. The predicted molar refractivity (Wildman–Crippen MR) is 73.8 cm³/mol. The molecule has 0 aromatic carbocycles. The molecule has 0 aromatic rings. The zero-order valence-electron chi connectivity index (χ0n) is 11.6. The van der Waals surface area contributed by atoms with Crippen molar-refractivity contribution in [3.05, 3.63) is 0 Å². The average Bonchev–Trinajstić information content (AvgIpc) is 2.27. The van der Waals surface area contributed by atoms with Gasteiger partial charge in [-0.15, -0.1) is 0 Å². The third-order valence-electron chi connectivity index (χ3n) is 3.42. The Bertz CT molecular complexity index is 262. The van der Waals surface area contributed by atoms with E-state index in [1.165, 1.54) is 0 Å². The van der Waals surface area contributed by atoms with Gasteiger partial charge in [0.1, 0.15) is 0 Å². The van der Waals surface area contributed by atoms with Crippen LogP contribution in [0.5, 0.6) is 0 Å². The summed E-state index contributed by atoms with van der Waals surface area (Å²) < 4.78 is 10.8. The minimum atomic E-state index is -1.44. The molecule has 2 unspecified atom stereocenters. The molecule has 0 saturated carbocycles. The lowest BCUT2D eigenvalue weighted by Crippen LogP contribution is -2.64. The summed E-state index contributed by atoms with van der Waals surface area (Å²) in [4.78, 5) is 0. The van der Waals surface area contributed by atoms with Crippen LogP contribution in [-0.4, -0.2) is 42.4 Å². The highest BCUT2D eigenvalue weighted by atomic mass is 16.6. The molecular formula is C8H24B3N3O4. The van der Waals surface area contributed by atoms with Crippen LogP contribution in [0.4, 0.5) is 0 Å². The van der Waals surface area contributed by atoms with E-state index >= 15 is 0 Å². The van der Waals surface area contributed by atoms with Crippen LogP contribution in [0.15, 0.2) is 0 Å². The maximum Gasteiger partial charge on any atom is 0.549 e. The van der Waals surface area contributed by atoms with E-state index in [0.29, 0.717) is 12.8 Å². The maximum absolute atomic E-state index is 9.52. The van der Waals surface area contributed by atoms with Crippen LogP contribution in [0.1, 0.15) is 40.5 Å². The predicted octanol–water partition coefficient (Wildman–Crippen LogP) is -1.74. The number of nitrogens with two attached hydrogens (primary N) is 3. The van der Waals surface area contributed by atoms with Crippen LogP contribution >= 0.6 is 0 Å². The molecule has 0 aliphatic heterocycles. The highest BCUT2D eigenvalue weighted by Gasteiger charge is 2.45. The van der Waals surface area contributed by atoms with E-state index < -0.39 is 32.4 Å². The van der Waals surface area contributed by atoms with E-state index in [-0.39, 0.29) is 0 Å². The van der Waals surface area contributed by atoms with Crippen LogP contribution in [-0.2, 0) is 9.31 Å². The molecule has 0 aromatic heterocycles. The van der Waals surface area contributed by atoms with Gasteiger partial charge in [-0.1, -0.05) is 13.8 Å². The molecule has 0 amide bonds. The zero-order chi connectivity index (χ0) is 14.6. The van der Waals surface area contributed by atoms with Gasteiger partial charge in [-0.25, -0.2) is 0 Å². The topological polar surface area (TPSA) is 137 Å². The fraction of sp³-hybridized carbons (Fsp3) is 1.00. The molecule has 0 radical (unpaired) electrons. The third kappa shape index (κ3) is 4.54. The Morgan fingerprint density at radius 3 is 1.67 bits per heavy atom. The van der Waals surface area contributed by atoms with Crippen molar-refractivity contribution in [1.82, 2.24) is 0 Å². The molecule has 8 N–H and O–H groups in total. The Morgan fingerprint density at radius 1 is 0.944 bits per heavy atom. The van der Waals surface area contributed by atoms with Gasteiger partial charge in [-0.3, -0.25) is 0 Å². The van der Waals surface area contributed by atoms with Crippen molar-refractivity contribution in [2.45, 2.75) is 51.5 Å². The Hall–Kier alpha value is -0.0852. The van der Waals surface area contributed by atoms with Gasteiger partial charge < -0.3 is 36.3 Å². The van der Waals surface area contributed by atoms with Gasteiger partial charge in [0.25, 0.3) is 0 Å². The first kappa shape index (κ1) is 17.9. The summed E-state index contributed by atoms with van der Waals surface area (Å²) in [5.74, 6) is 0. The van der Waals surface area contributed by atoms with E-state index in [2.05, 4.69) is 0 Å². The van der Waals surface area contributed by atoms with Gasteiger partial charge in [0.2, 0.25) is 0 Å². The SMILES string of the molecule is CCC(C)(OB(N)C(C)(CC)OB(N)O)B(N)O. The molecule has 0 rings (SSSR count). The van der Waals surface area contributed by atoms with Crippen LogP contribution < -0.4 is 16.9 Å². The van der Waals surface area contributed by atoms with Gasteiger partial charge in [0, 0.05) is 0 Å². The number of rotatable bonds is 8. The number of hydrogen-bond acceptors (Lipinski definition) is 7. The smallest absolute Gasteiger partial charge is 0.436 e. The molecule has 2 atom stereocenters. The quantitative estimate of drug-likeness (QED) is 0.326. The molecule has 104 valence electrons. The fourth-order valence-electron chi connectivity index (χ4n) is 1.40. The Balaban J connectivity index is 4.85. The normalized spacial score (nSPS) is 17.8. The Morgan fingerprint density at radius 2 is 1.39 bits per heavy atom. The van der Waals surface area contributed by atoms with Gasteiger partial charge in [0.05, 0.1) is 11.0 Å². The average molecular weight is 259 g/mol. The van der Waals surface area contributed by atoms with Crippen molar-refractivity contribution in [3.8, 4) is 0 Å². The van der Waals surface area contributed by atoms with Crippen molar-refractivity contribution < 1.29 is 19.4 Å². The molecule has 0 aliphatic carbocycles. The van der Waals surface area contributed by atoms with E-state index in [9.17, 15) is 5.02 Å². The summed E-state index contributed by atoms with van der Waals surface area (Å²) in [5, 5.41) is 18.6. The zero-order valence-corrected chi connectivity index (χ0v) is 11.6. The standard InChI is InChI=1S/C8H24B3N3O4/c1-5-7(3,9(12)15)17-10(13)8(4,6-2)18-11(14)16/h15-16H,5-6,12-14H2,1-4H3. The maximum atomic E-state index is 9.52. The van der Waals surface area contributed by atoms with E-state index in [1.54, 1.807) is 13.8 Å². The molecule has 18 heavy (non-hydrogen) atoms. The lowest BCUT2D eigenvalue weighted by molar-refractivity contribution is 0.0729. The monoisotopic (exact) mass is 259 g/mol. The van der Waals surface area contributed by atoms with E-state index in [0.717, 1.165) is 0 Å². The molecule has 0 saturated heterocycles. The lowest BCUT2D eigenvalue weighted by Gasteiger charge is -2.38. The van der Waals surface area contributed by atoms with Crippen molar-refractivity contribution in [2.24, 2.45) is 16.9 Å². The van der Waals surface area contributed by atoms with Crippen LogP contribution in [0, 0.1) is 0 Å². The second kappa shape index (κ2) is 6.90. The molecule has 0 fully saturated rings. The molecule has 0 heterocycles. The van der Waals surface area contributed by atoms with Crippen LogP contribution in [0.25, 0.3) is 0 Å². The number of hydrogen-bond donors (Lipinski definition) is 5. The molecule has 7 nitrogen and oxygen atoms in total. The second-order valence-corrected chi connectivity index (χ2v) is 4.82. The third-order valence-corrected chi connectivity index (χ3v) is 3.42. The highest BCUT2D eigenvalue weighted by Crippen LogP contribution is 2.23. The molecule has 10 heteroatoms. The molecule has 0 bridgehead atoms. The highest BCUT2D eigenvalue weighted by molar-refractivity contribution is 6.56. The first-order chi connectivity index (χ1) is 8.11. The largest absolute Gasteiger partial charge is 0.549 e. The fourth-order valence-corrected chi connectivity index (χ4v) is 1.40. The van der Waals surface area contributed by atoms with Gasteiger partial charge in [-0.2, -0.15) is 0 Å². The summed E-state index contributed by atoms with van der Waals surface area (Å²) >= 11 is 0. The van der Waals surface area contributed by atoms with E-state index in [4.69, 9.17) is 31.3 Å². The summed E-state index contributed by atoms with van der Waals surface area (Å²) in [7, 11) is -3.50. The van der Waals surface area contributed by atoms with Crippen LogP contribution in [0.3, 0.4) is 0 Å². The molecule has 0 aliphatic rings. The molecule has 0 spiro atoms. The van der Waals surface area contributed by atoms with Gasteiger partial charge in [-0.05, 0) is 26.7 Å². The lowest BCUT2D eigenvalue weighted by atomic mass is 9.57. The van der Waals surface area contributed by atoms with Crippen molar-refractivity contribution in [2.75, 3.05) is 0 Å². The minimum absolute atomic E-state index is 0.475.